The van der Waals surface area contributed by atoms with E-state index in [0.29, 0.717) is 34.4 Å². The molecule has 0 saturated heterocycles. The number of ether oxygens (including phenoxy) is 3. The van der Waals surface area contributed by atoms with Gasteiger partial charge in [-0.1, -0.05) is 6.07 Å². The van der Waals surface area contributed by atoms with Crippen LogP contribution in [0.15, 0.2) is 48.5 Å². The molecular formula is C21H22N4O4. The van der Waals surface area contributed by atoms with Crippen LogP contribution in [0.5, 0.6) is 17.2 Å². The molecule has 0 bridgehead atoms. The van der Waals surface area contributed by atoms with Gasteiger partial charge in [0.2, 0.25) is 0 Å². The van der Waals surface area contributed by atoms with E-state index in [-0.39, 0.29) is 5.91 Å². The Kier molecular flexibility index (Phi) is 6.13. The van der Waals surface area contributed by atoms with Crippen LogP contribution in [0.2, 0.25) is 0 Å². The van der Waals surface area contributed by atoms with Gasteiger partial charge in [-0.25, -0.2) is 0 Å². The molecule has 3 rings (SSSR count). The Labute approximate surface area is 168 Å². The van der Waals surface area contributed by atoms with Gasteiger partial charge in [0.25, 0.3) is 5.91 Å². The van der Waals surface area contributed by atoms with Crippen molar-refractivity contribution >= 4 is 23.2 Å². The van der Waals surface area contributed by atoms with Crippen molar-refractivity contribution < 1.29 is 19.0 Å². The van der Waals surface area contributed by atoms with Crippen LogP contribution in [0.4, 0.5) is 17.3 Å². The van der Waals surface area contributed by atoms with E-state index in [0.717, 1.165) is 11.3 Å². The lowest BCUT2D eigenvalue weighted by atomic mass is 10.2. The molecule has 29 heavy (non-hydrogen) atoms. The number of carbonyl (C=O) groups excluding carboxylic acids is 1. The molecular weight excluding hydrogens is 372 g/mol. The molecule has 0 saturated carbocycles. The molecule has 2 N–H and O–H groups in total. The van der Waals surface area contributed by atoms with Crippen LogP contribution in [0.1, 0.15) is 15.9 Å². The molecule has 0 atom stereocenters. The maximum absolute atomic E-state index is 12.5. The summed E-state index contributed by atoms with van der Waals surface area (Å²) < 4.78 is 15.7. The molecule has 3 aromatic rings. The van der Waals surface area contributed by atoms with Crippen molar-refractivity contribution in [2.24, 2.45) is 0 Å². The number of aromatic nitrogens is 2. The van der Waals surface area contributed by atoms with E-state index >= 15 is 0 Å². The van der Waals surface area contributed by atoms with Crippen LogP contribution in [0.3, 0.4) is 0 Å². The third-order valence-electron chi connectivity index (χ3n) is 4.14. The standard InChI is InChI=1S/C21H22N4O4/c1-13-5-6-18(29-4)17(9-13)22-19-7-8-20(25-24-19)23-21(26)14-10-15(27-2)12-16(11-14)28-3/h5-12H,1-4H3,(H,22,24)(H,23,25,26). The SMILES string of the molecule is COc1cc(OC)cc(C(=O)Nc2ccc(Nc3cc(C)ccc3OC)nn2)c1. The summed E-state index contributed by atoms with van der Waals surface area (Å²) in [5.41, 5.74) is 2.25. The molecule has 1 heterocycles. The van der Waals surface area contributed by atoms with Crippen LogP contribution in [0.25, 0.3) is 0 Å². The summed E-state index contributed by atoms with van der Waals surface area (Å²) in [7, 11) is 4.65. The second-order valence-electron chi connectivity index (χ2n) is 6.19. The molecule has 0 fully saturated rings. The van der Waals surface area contributed by atoms with E-state index in [1.165, 1.54) is 14.2 Å². The van der Waals surface area contributed by atoms with Gasteiger partial charge >= 0.3 is 0 Å². The smallest absolute Gasteiger partial charge is 0.257 e. The fraction of sp³-hybridized carbons (Fsp3) is 0.190. The highest BCUT2D eigenvalue weighted by molar-refractivity contribution is 6.04. The summed E-state index contributed by atoms with van der Waals surface area (Å²) >= 11 is 0. The van der Waals surface area contributed by atoms with Crippen LogP contribution in [0, 0.1) is 6.92 Å². The van der Waals surface area contributed by atoms with Crippen LogP contribution in [-0.2, 0) is 0 Å². The Balaban J connectivity index is 1.73. The third-order valence-corrected chi connectivity index (χ3v) is 4.14. The number of nitrogens with one attached hydrogen (secondary N) is 2. The lowest BCUT2D eigenvalue weighted by molar-refractivity contribution is 0.102. The van der Waals surface area contributed by atoms with Gasteiger partial charge in [0.15, 0.2) is 11.6 Å². The minimum Gasteiger partial charge on any atom is -0.497 e. The minimum absolute atomic E-state index is 0.318. The molecule has 0 aliphatic carbocycles. The maximum Gasteiger partial charge on any atom is 0.257 e. The van der Waals surface area contributed by atoms with Crippen molar-refractivity contribution in [2.75, 3.05) is 32.0 Å². The fourth-order valence-electron chi connectivity index (χ4n) is 2.65. The number of rotatable bonds is 7. The summed E-state index contributed by atoms with van der Waals surface area (Å²) in [5, 5.41) is 14.0. The number of anilines is 3. The number of hydrogen-bond donors (Lipinski definition) is 2. The highest BCUT2D eigenvalue weighted by atomic mass is 16.5. The maximum atomic E-state index is 12.5. The van der Waals surface area contributed by atoms with Crippen molar-refractivity contribution in [2.45, 2.75) is 6.92 Å². The summed E-state index contributed by atoms with van der Waals surface area (Å²) in [6, 6.07) is 14.1. The summed E-state index contributed by atoms with van der Waals surface area (Å²) in [4.78, 5) is 12.5. The van der Waals surface area contributed by atoms with Gasteiger partial charge in [-0.2, -0.15) is 0 Å². The largest absolute Gasteiger partial charge is 0.497 e. The van der Waals surface area contributed by atoms with Crippen molar-refractivity contribution in [3.8, 4) is 17.2 Å². The average Bonchev–Trinajstić information content (AvgIpc) is 2.74. The molecule has 2 aromatic carbocycles. The normalized spacial score (nSPS) is 10.2. The predicted molar refractivity (Wildman–Crippen MR) is 111 cm³/mol. The number of benzene rings is 2. The first kappa shape index (κ1) is 19.9. The molecule has 0 spiro atoms. The summed E-state index contributed by atoms with van der Waals surface area (Å²) in [6.45, 7) is 1.99. The number of methoxy groups -OCH3 is 3. The lowest BCUT2D eigenvalue weighted by Gasteiger charge is -2.11. The fourth-order valence-corrected chi connectivity index (χ4v) is 2.65. The van der Waals surface area contributed by atoms with Gasteiger partial charge < -0.3 is 24.8 Å². The Hall–Kier alpha value is -3.81. The number of amides is 1. The molecule has 0 radical (unpaired) electrons. The first-order valence-corrected chi connectivity index (χ1v) is 8.82. The minimum atomic E-state index is -0.349. The van der Waals surface area contributed by atoms with Crippen molar-refractivity contribution in [3.05, 3.63) is 59.7 Å². The second-order valence-corrected chi connectivity index (χ2v) is 6.19. The Bertz CT molecular complexity index is 984. The Morgan fingerprint density at radius 2 is 1.48 bits per heavy atom. The van der Waals surface area contributed by atoms with Crippen LogP contribution < -0.4 is 24.8 Å². The van der Waals surface area contributed by atoms with E-state index in [2.05, 4.69) is 20.8 Å². The molecule has 8 heteroatoms. The van der Waals surface area contributed by atoms with Gasteiger partial charge in [-0.05, 0) is 48.9 Å². The highest BCUT2D eigenvalue weighted by Crippen LogP contribution is 2.28. The Morgan fingerprint density at radius 3 is 2.07 bits per heavy atom. The number of hydrogen-bond acceptors (Lipinski definition) is 7. The van der Waals surface area contributed by atoms with E-state index in [1.807, 2.05) is 25.1 Å². The van der Waals surface area contributed by atoms with E-state index < -0.39 is 0 Å². The molecule has 0 aliphatic heterocycles. The van der Waals surface area contributed by atoms with Gasteiger partial charge in [0, 0.05) is 11.6 Å². The molecule has 1 aromatic heterocycles. The second kappa shape index (κ2) is 8.92. The summed E-state index contributed by atoms with van der Waals surface area (Å²) in [6.07, 6.45) is 0. The van der Waals surface area contributed by atoms with Crippen molar-refractivity contribution in [1.29, 1.82) is 0 Å². The molecule has 8 nitrogen and oxygen atoms in total. The zero-order chi connectivity index (χ0) is 20.8. The van der Waals surface area contributed by atoms with Crippen molar-refractivity contribution in [3.63, 3.8) is 0 Å². The van der Waals surface area contributed by atoms with Gasteiger partial charge in [-0.3, -0.25) is 4.79 Å². The van der Waals surface area contributed by atoms with Gasteiger partial charge in [0.05, 0.1) is 27.0 Å². The monoisotopic (exact) mass is 394 g/mol. The first-order chi connectivity index (χ1) is 14.0. The van der Waals surface area contributed by atoms with Gasteiger partial charge in [0.1, 0.15) is 17.2 Å². The average molecular weight is 394 g/mol. The Morgan fingerprint density at radius 1 is 0.828 bits per heavy atom. The van der Waals surface area contributed by atoms with E-state index in [4.69, 9.17) is 14.2 Å². The van der Waals surface area contributed by atoms with Crippen LogP contribution >= 0.6 is 0 Å². The molecule has 0 unspecified atom stereocenters. The molecule has 0 aliphatic rings. The quantitative estimate of drug-likeness (QED) is 0.629. The zero-order valence-corrected chi connectivity index (χ0v) is 16.6. The highest BCUT2D eigenvalue weighted by Gasteiger charge is 2.12. The number of aryl methyl sites for hydroxylation is 1. The number of nitrogens with zero attached hydrogens (tertiary/aromatic N) is 2. The first-order valence-electron chi connectivity index (χ1n) is 8.82. The topological polar surface area (TPSA) is 94.6 Å². The molecule has 150 valence electrons. The van der Waals surface area contributed by atoms with Crippen molar-refractivity contribution in [1.82, 2.24) is 10.2 Å². The summed E-state index contributed by atoms with van der Waals surface area (Å²) in [5.74, 6) is 2.23. The van der Waals surface area contributed by atoms with Crippen LogP contribution in [-0.4, -0.2) is 37.4 Å². The van der Waals surface area contributed by atoms with Gasteiger partial charge in [-0.15, -0.1) is 10.2 Å². The van der Waals surface area contributed by atoms with E-state index in [9.17, 15) is 4.79 Å². The predicted octanol–water partition coefficient (Wildman–Crippen LogP) is 3.81. The zero-order valence-electron chi connectivity index (χ0n) is 16.6. The third kappa shape index (κ3) is 4.92. The lowest BCUT2D eigenvalue weighted by Crippen LogP contribution is -2.14. The number of carbonyl (C=O) groups is 1. The van der Waals surface area contributed by atoms with E-state index in [1.54, 1.807) is 37.4 Å². The molecule has 1 amide bonds.